The van der Waals surface area contributed by atoms with Crippen LogP contribution in [0.5, 0.6) is 23.0 Å². The number of rotatable bonds is 41. The number of nitrogens with one attached hydrogen (secondary N) is 6. The molecule has 24 nitrogen and oxygen atoms in total. The van der Waals surface area contributed by atoms with Crippen LogP contribution in [0.1, 0.15) is 138 Å². The van der Waals surface area contributed by atoms with Crippen LogP contribution >= 0.6 is 0 Å². The van der Waals surface area contributed by atoms with Gasteiger partial charge >= 0.3 is 18.3 Å². The second-order valence-electron chi connectivity index (χ2n) is 24.1. The van der Waals surface area contributed by atoms with E-state index in [1.165, 1.54) is 64.8 Å². The van der Waals surface area contributed by atoms with Crippen molar-refractivity contribution >= 4 is 59.3 Å². The van der Waals surface area contributed by atoms with Crippen molar-refractivity contribution in [2.45, 2.75) is 122 Å². The zero-order chi connectivity index (χ0) is 73.2. The Morgan fingerprint density at radius 1 is 0.343 bits per heavy atom. The first-order valence-electron chi connectivity index (χ1n) is 33.6. The maximum Gasteiger partial charge on any atom is 0.407 e. The van der Waals surface area contributed by atoms with Gasteiger partial charge in [0.05, 0.1) is 68.8 Å². The fourth-order valence-corrected chi connectivity index (χ4v) is 11.1. The predicted molar refractivity (Wildman–Crippen MR) is 381 cm³/mol. The van der Waals surface area contributed by atoms with E-state index in [4.69, 9.17) is 38.9 Å². The fraction of sp³-hybridized carbons (Fsp3) is 0.333. The quantitative estimate of drug-likeness (QED) is 0.0138. The SMILES string of the molecule is COc1ccc(CC(=O)[C@H](CCCCNC(=O)OCc2ccccc2)NC(=O)c2cc(CC(=O)[C@H](CCCCNC(=O)OCc3ccccc3)NC(=O)c3cc(CC(=O)[C@H](CCCCNC(=O)OCc4ccccc4)NC(=O)c4cc(C)ccc4OC)ccc3OC)ccc2OC)cc1C(N)=O. The number of carbonyl (C=O) groups is 10. The van der Waals surface area contributed by atoms with Crippen LogP contribution in [0.3, 0.4) is 0 Å². The van der Waals surface area contributed by atoms with Crippen molar-refractivity contribution in [3.63, 3.8) is 0 Å². The third-order valence-electron chi connectivity index (χ3n) is 16.6. The van der Waals surface area contributed by atoms with Crippen LogP contribution in [0.2, 0.25) is 0 Å². The van der Waals surface area contributed by atoms with Gasteiger partial charge in [0.1, 0.15) is 42.8 Å². The molecule has 0 bridgehead atoms. The Hall–Kier alpha value is -11.6. The van der Waals surface area contributed by atoms with Gasteiger partial charge in [0.25, 0.3) is 23.6 Å². The molecule has 7 aromatic carbocycles. The number of hydrogen-bond donors (Lipinski definition) is 7. The Kier molecular flexibility index (Phi) is 31.4. The van der Waals surface area contributed by atoms with Gasteiger partial charge in [-0.2, -0.15) is 0 Å². The third-order valence-corrected chi connectivity index (χ3v) is 16.6. The molecule has 7 rings (SSSR count). The summed E-state index contributed by atoms with van der Waals surface area (Å²) in [6.07, 6.45) is -0.00165. The average Bonchev–Trinajstić information content (AvgIpc) is 0.836. The highest BCUT2D eigenvalue weighted by Gasteiger charge is 2.29. The summed E-state index contributed by atoms with van der Waals surface area (Å²) in [4.78, 5) is 137. The van der Waals surface area contributed by atoms with Crippen molar-refractivity contribution in [3.8, 4) is 23.0 Å². The number of nitrogens with two attached hydrogens (primary N) is 1. The maximum absolute atomic E-state index is 14.8. The lowest BCUT2D eigenvalue weighted by Crippen LogP contribution is -2.42. The minimum atomic E-state index is -1.18. The predicted octanol–water partition coefficient (Wildman–Crippen LogP) is 10.1. The molecule has 0 saturated heterocycles. The number of alkyl carbamates (subject to hydrolysis) is 3. The molecule has 0 aliphatic rings. The van der Waals surface area contributed by atoms with E-state index in [9.17, 15) is 47.9 Å². The first-order chi connectivity index (χ1) is 49.3. The number of amides is 7. The zero-order valence-electron chi connectivity index (χ0n) is 58.1. The molecule has 0 aromatic heterocycles. The molecule has 3 atom stereocenters. The first kappa shape index (κ1) is 77.8. The van der Waals surface area contributed by atoms with Crippen LogP contribution in [-0.2, 0) is 67.7 Å². The van der Waals surface area contributed by atoms with Crippen LogP contribution in [0.4, 0.5) is 14.4 Å². The molecular weight excluding hydrogens is 1310 g/mol. The van der Waals surface area contributed by atoms with Gasteiger partial charge in [-0.15, -0.1) is 0 Å². The number of benzene rings is 7. The van der Waals surface area contributed by atoms with Gasteiger partial charge in [-0.3, -0.25) is 33.6 Å². The van der Waals surface area contributed by atoms with Gasteiger partial charge in [0.2, 0.25) is 0 Å². The van der Waals surface area contributed by atoms with Crippen molar-refractivity contribution in [2.24, 2.45) is 5.73 Å². The second kappa shape index (κ2) is 41.1. The standard InChI is InChI=1S/C78H89N7O17/c1-51-30-34-69(97-3)59(41-51)73(90)83-62(27-15-18-38-80-76(93)100-48-52-21-9-6-10-22-52)66(87)46-56-32-36-71(99-5)61(43-56)75(92)85-64(29-17-20-40-82-78(95)102-50-54-25-13-8-14-26-54)67(88)47-57-33-37-70(98-4)60(44-57)74(91)84-63(65(86)45-55-31-35-68(96-2)58(42-55)72(79)89)28-16-19-39-81-77(94)101-49-53-23-11-7-12-24-53/h6-14,21-26,30-37,41-44,62-64H,15-20,27-29,38-40,45-50H2,1-5H3,(H2,79,89)(H,80,93)(H,81,94)(H,82,95)(H,83,90)(H,84,91)(H,85,92)/t62-,63-,64-/m0/s1. The molecule has 0 aliphatic heterocycles. The molecule has 24 heteroatoms. The van der Waals surface area contributed by atoms with Gasteiger partial charge in [-0.05, 0) is 147 Å². The summed E-state index contributed by atoms with van der Waals surface area (Å²) >= 11 is 0. The highest BCUT2D eigenvalue weighted by atomic mass is 16.6. The summed E-state index contributed by atoms with van der Waals surface area (Å²) in [6, 6.07) is 43.1. The molecule has 0 aliphatic carbocycles. The van der Waals surface area contributed by atoms with E-state index < -0.39 is 71.6 Å². The molecule has 538 valence electrons. The maximum atomic E-state index is 14.8. The molecule has 8 N–H and O–H groups in total. The van der Waals surface area contributed by atoms with E-state index in [-0.39, 0.29) is 123 Å². The lowest BCUT2D eigenvalue weighted by atomic mass is 9.95. The number of hydrogen-bond acceptors (Lipinski definition) is 17. The summed E-state index contributed by atoms with van der Waals surface area (Å²) in [7, 11) is 5.54. The highest BCUT2D eigenvalue weighted by Crippen LogP contribution is 2.27. The van der Waals surface area contributed by atoms with Crippen LogP contribution in [0.25, 0.3) is 0 Å². The van der Waals surface area contributed by atoms with Crippen molar-refractivity contribution in [1.29, 1.82) is 0 Å². The average molecular weight is 1400 g/mol. The van der Waals surface area contributed by atoms with E-state index in [1.54, 1.807) is 36.4 Å². The van der Waals surface area contributed by atoms with Crippen molar-refractivity contribution in [3.05, 3.63) is 225 Å². The number of ether oxygens (including phenoxy) is 7. The van der Waals surface area contributed by atoms with E-state index in [2.05, 4.69) is 31.9 Å². The molecule has 0 fully saturated rings. The van der Waals surface area contributed by atoms with E-state index in [0.717, 1.165) is 22.3 Å². The lowest BCUT2D eigenvalue weighted by Gasteiger charge is -2.21. The topological polar surface area (TPSA) is 334 Å². The molecule has 0 saturated carbocycles. The minimum Gasteiger partial charge on any atom is -0.496 e. The van der Waals surface area contributed by atoms with Crippen molar-refractivity contribution < 1.29 is 81.1 Å². The van der Waals surface area contributed by atoms with Crippen LogP contribution in [0, 0.1) is 6.92 Å². The lowest BCUT2D eigenvalue weighted by molar-refractivity contribution is -0.121. The number of unbranched alkanes of at least 4 members (excludes halogenated alkanes) is 3. The second-order valence-corrected chi connectivity index (χ2v) is 24.1. The number of carbonyl (C=O) groups excluding carboxylic acids is 10. The molecule has 102 heavy (non-hydrogen) atoms. The number of methoxy groups -OCH3 is 4. The molecular formula is C78H89N7O17. The Morgan fingerprint density at radius 3 is 0.931 bits per heavy atom. The van der Waals surface area contributed by atoms with Crippen LogP contribution < -0.4 is 56.6 Å². The summed E-state index contributed by atoms with van der Waals surface area (Å²) in [5.74, 6) is -3.27. The minimum absolute atomic E-state index is 0.0101. The molecule has 0 unspecified atom stereocenters. The Morgan fingerprint density at radius 2 is 0.627 bits per heavy atom. The van der Waals surface area contributed by atoms with E-state index in [1.807, 2.05) is 97.9 Å². The summed E-state index contributed by atoms with van der Waals surface area (Å²) < 4.78 is 38.2. The van der Waals surface area contributed by atoms with Crippen molar-refractivity contribution in [1.82, 2.24) is 31.9 Å². The summed E-state index contributed by atoms with van der Waals surface area (Å²) in [5, 5.41) is 16.8. The third kappa shape index (κ3) is 25.3. The van der Waals surface area contributed by atoms with Crippen molar-refractivity contribution in [2.75, 3.05) is 48.1 Å². The number of ketones is 3. The molecule has 0 spiro atoms. The Bertz CT molecular complexity index is 3990. The molecule has 0 radical (unpaired) electrons. The molecule has 7 aromatic rings. The van der Waals surface area contributed by atoms with Gasteiger partial charge in [0, 0.05) is 38.9 Å². The fourth-order valence-electron chi connectivity index (χ4n) is 11.1. The zero-order valence-corrected chi connectivity index (χ0v) is 58.1. The van der Waals surface area contributed by atoms with Gasteiger partial charge in [0.15, 0.2) is 17.3 Å². The smallest absolute Gasteiger partial charge is 0.407 e. The van der Waals surface area contributed by atoms with E-state index in [0.29, 0.717) is 61.0 Å². The van der Waals surface area contributed by atoms with Gasteiger partial charge in [-0.1, -0.05) is 121 Å². The van der Waals surface area contributed by atoms with Gasteiger partial charge < -0.3 is 70.8 Å². The summed E-state index contributed by atoms with van der Waals surface area (Å²) in [5.41, 5.74) is 10.3. The summed E-state index contributed by atoms with van der Waals surface area (Å²) in [6.45, 7) is 2.63. The number of aryl methyl sites for hydroxylation is 1. The molecule has 7 amide bonds. The largest absolute Gasteiger partial charge is 0.496 e. The monoisotopic (exact) mass is 1400 g/mol. The van der Waals surface area contributed by atoms with Crippen LogP contribution in [-0.4, -0.2) is 125 Å². The van der Waals surface area contributed by atoms with Gasteiger partial charge in [-0.25, -0.2) is 14.4 Å². The van der Waals surface area contributed by atoms with Crippen LogP contribution in [0.15, 0.2) is 164 Å². The number of primary amides is 1. The Balaban J connectivity index is 1.07. The first-order valence-corrected chi connectivity index (χ1v) is 33.6. The molecule has 0 heterocycles. The highest BCUT2D eigenvalue weighted by molar-refractivity contribution is 6.03. The Labute approximate surface area is 593 Å². The normalized spacial score (nSPS) is 11.6. The number of Topliss-reactive ketones (excluding diaryl/α,β-unsaturated/α-hetero) is 3. The van der Waals surface area contributed by atoms with E-state index >= 15 is 0 Å².